The molecule has 1 aromatic heterocycles. The van der Waals surface area contributed by atoms with Crippen molar-refractivity contribution in [3.8, 4) is 5.75 Å². The van der Waals surface area contributed by atoms with E-state index in [1.54, 1.807) is 7.11 Å². The van der Waals surface area contributed by atoms with Crippen LogP contribution in [0.5, 0.6) is 5.75 Å². The summed E-state index contributed by atoms with van der Waals surface area (Å²) in [6.07, 6.45) is 0.766. The van der Waals surface area contributed by atoms with Gasteiger partial charge >= 0.3 is 5.97 Å². The third kappa shape index (κ3) is 3.85. The molecule has 1 aromatic carbocycles. The zero-order chi connectivity index (χ0) is 15.2. The first kappa shape index (κ1) is 14.6. The number of carboxylic acids is 1. The van der Waals surface area contributed by atoms with E-state index >= 15 is 0 Å². The molecule has 0 aliphatic heterocycles. The molecule has 0 fully saturated rings. The minimum atomic E-state index is -1.08. The lowest BCUT2D eigenvalue weighted by Crippen LogP contribution is -2.11. The number of benzene rings is 1. The van der Waals surface area contributed by atoms with E-state index in [1.165, 1.54) is 12.1 Å². The molecule has 21 heavy (non-hydrogen) atoms. The Labute approximate surface area is 122 Å². The van der Waals surface area contributed by atoms with Gasteiger partial charge in [-0.15, -0.1) is 0 Å². The number of nitrogens with zero attached hydrogens (tertiary/aromatic N) is 1. The van der Waals surface area contributed by atoms with Crippen molar-refractivity contribution in [2.24, 2.45) is 0 Å². The third-order valence-corrected chi connectivity index (χ3v) is 3.01. The monoisotopic (exact) mass is 287 g/mol. The van der Waals surface area contributed by atoms with Crippen molar-refractivity contribution in [2.45, 2.75) is 6.42 Å². The van der Waals surface area contributed by atoms with E-state index in [0.717, 1.165) is 17.7 Å². The van der Waals surface area contributed by atoms with Crippen LogP contribution in [0.4, 0.5) is 11.5 Å². The van der Waals surface area contributed by atoms with Gasteiger partial charge in [0.15, 0.2) is 5.69 Å². The average molecular weight is 287 g/mol. The minimum absolute atomic E-state index is 0.0313. The highest BCUT2D eigenvalue weighted by Gasteiger charge is 2.08. The number of carbonyl (C=O) groups is 1. The minimum Gasteiger partial charge on any atom is -0.497 e. The fourth-order valence-corrected chi connectivity index (χ4v) is 1.85. The normalized spacial score (nSPS) is 10.1. The lowest BCUT2D eigenvalue weighted by atomic mass is 10.1. The van der Waals surface area contributed by atoms with Crippen LogP contribution in [-0.4, -0.2) is 29.7 Å². The fraction of sp³-hybridized carbons (Fsp3) is 0.200. The Balaban J connectivity index is 1.96. The molecule has 0 bridgehead atoms. The van der Waals surface area contributed by atoms with E-state index < -0.39 is 5.97 Å². The number of methoxy groups -OCH3 is 1. The molecule has 2 aromatic rings. The van der Waals surface area contributed by atoms with Gasteiger partial charge in [-0.3, -0.25) is 0 Å². The number of aromatic carboxylic acids is 1. The first-order valence-corrected chi connectivity index (χ1v) is 6.47. The second-order valence-electron chi connectivity index (χ2n) is 4.46. The number of pyridine rings is 1. The summed E-state index contributed by atoms with van der Waals surface area (Å²) in [7, 11) is 1.63. The molecule has 2 rings (SSSR count). The fourth-order valence-electron chi connectivity index (χ4n) is 1.85. The molecule has 0 saturated carbocycles. The van der Waals surface area contributed by atoms with Crippen LogP contribution in [0.25, 0.3) is 0 Å². The van der Waals surface area contributed by atoms with E-state index in [4.69, 9.17) is 15.6 Å². The number of aromatic nitrogens is 1. The number of nitrogens with one attached hydrogen (secondary N) is 1. The SMILES string of the molecule is COc1ccc(CCNc2nc(C(=O)O)ccc2N)cc1. The maximum absolute atomic E-state index is 10.9. The van der Waals surface area contributed by atoms with Crippen molar-refractivity contribution in [3.05, 3.63) is 47.7 Å². The zero-order valence-electron chi connectivity index (χ0n) is 11.7. The molecule has 0 unspecified atom stereocenters. The van der Waals surface area contributed by atoms with Gasteiger partial charge in [0.05, 0.1) is 12.8 Å². The highest BCUT2D eigenvalue weighted by atomic mass is 16.5. The van der Waals surface area contributed by atoms with Gasteiger partial charge in [0.25, 0.3) is 0 Å². The largest absolute Gasteiger partial charge is 0.497 e. The zero-order valence-corrected chi connectivity index (χ0v) is 11.7. The number of nitrogen functional groups attached to an aromatic ring is 1. The van der Waals surface area contributed by atoms with Crippen LogP contribution >= 0.6 is 0 Å². The van der Waals surface area contributed by atoms with Crippen LogP contribution in [0.1, 0.15) is 16.1 Å². The van der Waals surface area contributed by atoms with Gasteiger partial charge in [-0.1, -0.05) is 12.1 Å². The number of hydrogen-bond donors (Lipinski definition) is 3. The van der Waals surface area contributed by atoms with Crippen LogP contribution in [0, 0.1) is 0 Å². The Kier molecular flexibility index (Phi) is 4.61. The van der Waals surface area contributed by atoms with Crippen molar-refractivity contribution >= 4 is 17.5 Å². The average Bonchev–Trinajstić information content (AvgIpc) is 2.49. The topological polar surface area (TPSA) is 97.5 Å². The first-order chi connectivity index (χ1) is 10.1. The molecule has 4 N–H and O–H groups in total. The van der Waals surface area contributed by atoms with Crippen molar-refractivity contribution < 1.29 is 14.6 Å². The van der Waals surface area contributed by atoms with Gasteiger partial charge in [-0.2, -0.15) is 0 Å². The Hall–Kier alpha value is -2.76. The summed E-state index contributed by atoms with van der Waals surface area (Å²) in [6.45, 7) is 0.604. The van der Waals surface area contributed by atoms with Crippen LogP contribution in [0.2, 0.25) is 0 Å². The van der Waals surface area contributed by atoms with Gasteiger partial charge in [0, 0.05) is 6.54 Å². The molecule has 1 heterocycles. The molecule has 110 valence electrons. The Morgan fingerprint density at radius 3 is 2.62 bits per heavy atom. The van der Waals surface area contributed by atoms with Crippen LogP contribution < -0.4 is 15.8 Å². The summed E-state index contributed by atoms with van der Waals surface area (Å²) in [5.74, 6) is 0.128. The predicted molar refractivity (Wildman–Crippen MR) is 80.8 cm³/mol. The quantitative estimate of drug-likeness (QED) is 0.752. The molecular formula is C15H17N3O3. The Morgan fingerprint density at radius 1 is 1.29 bits per heavy atom. The highest BCUT2D eigenvalue weighted by Crippen LogP contribution is 2.16. The maximum atomic E-state index is 10.9. The standard InChI is InChI=1S/C15H17N3O3/c1-21-11-4-2-10(3-5-11)8-9-17-14-12(16)6-7-13(18-14)15(19)20/h2-7H,8-9,16H2,1H3,(H,17,18)(H,19,20). The molecule has 0 amide bonds. The molecule has 0 radical (unpaired) electrons. The maximum Gasteiger partial charge on any atom is 0.354 e. The summed E-state index contributed by atoms with van der Waals surface area (Å²) >= 11 is 0. The van der Waals surface area contributed by atoms with Crippen LogP contribution in [0.3, 0.4) is 0 Å². The van der Waals surface area contributed by atoms with Gasteiger partial charge in [-0.05, 0) is 36.2 Å². The molecule has 6 heteroatoms. The van der Waals surface area contributed by atoms with E-state index in [2.05, 4.69) is 10.3 Å². The van der Waals surface area contributed by atoms with Crippen LogP contribution in [-0.2, 0) is 6.42 Å². The summed E-state index contributed by atoms with van der Waals surface area (Å²) in [6, 6.07) is 10.7. The Morgan fingerprint density at radius 2 is 2.00 bits per heavy atom. The van der Waals surface area contributed by atoms with Gasteiger partial charge in [0.1, 0.15) is 11.6 Å². The third-order valence-electron chi connectivity index (χ3n) is 3.01. The molecule has 0 saturated heterocycles. The Bertz CT molecular complexity index is 627. The second kappa shape index (κ2) is 6.60. The van der Waals surface area contributed by atoms with E-state index in [9.17, 15) is 4.79 Å². The summed E-state index contributed by atoms with van der Waals surface area (Å²) in [5, 5.41) is 12.0. The number of ether oxygens (including phenoxy) is 1. The number of nitrogens with two attached hydrogens (primary N) is 1. The number of carboxylic acid groups (broad SMARTS) is 1. The number of rotatable bonds is 6. The predicted octanol–water partition coefficient (Wildman–Crippen LogP) is 2.03. The van der Waals surface area contributed by atoms with Crippen LogP contribution in [0.15, 0.2) is 36.4 Å². The van der Waals surface area contributed by atoms with Crippen molar-refractivity contribution in [1.82, 2.24) is 4.98 Å². The lowest BCUT2D eigenvalue weighted by molar-refractivity contribution is 0.0690. The lowest BCUT2D eigenvalue weighted by Gasteiger charge is -2.09. The number of hydrogen-bond acceptors (Lipinski definition) is 5. The van der Waals surface area contributed by atoms with Gasteiger partial charge < -0.3 is 20.9 Å². The van der Waals surface area contributed by atoms with E-state index in [0.29, 0.717) is 18.1 Å². The number of anilines is 2. The van der Waals surface area contributed by atoms with Crippen molar-refractivity contribution in [2.75, 3.05) is 24.7 Å². The molecule has 0 atom stereocenters. The van der Waals surface area contributed by atoms with E-state index in [-0.39, 0.29) is 5.69 Å². The van der Waals surface area contributed by atoms with Gasteiger partial charge in [-0.25, -0.2) is 9.78 Å². The summed E-state index contributed by atoms with van der Waals surface area (Å²) in [5.41, 5.74) is 7.30. The molecule has 0 aliphatic carbocycles. The molecular weight excluding hydrogens is 270 g/mol. The molecule has 0 spiro atoms. The smallest absolute Gasteiger partial charge is 0.354 e. The van der Waals surface area contributed by atoms with Crippen molar-refractivity contribution in [3.63, 3.8) is 0 Å². The summed E-state index contributed by atoms with van der Waals surface area (Å²) in [4.78, 5) is 14.9. The van der Waals surface area contributed by atoms with Crippen molar-refractivity contribution in [1.29, 1.82) is 0 Å². The molecule has 6 nitrogen and oxygen atoms in total. The van der Waals surface area contributed by atoms with Gasteiger partial charge in [0.2, 0.25) is 0 Å². The highest BCUT2D eigenvalue weighted by molar-refractivity contribution is 5.86. The molecule has 0 aliphatic rings. The second-order valence-corrected chi connectivity index (χ2v) is 4.46. The van der Waals surface area contributed by atoms with E-state index in [1.807, 2.05) is 24.3 Å². The first-order valence-electron chi connectivity index (χ1n) is 6.47. The summed E-state index contributed by atoms with van der Waals surface area (Å²) < 4.78 is 5.10.